The van der Waals surface area contributed by atoms with Gasteiger partial charge in [-0.15, -0.1) is 0 Å². The number of aliphatic carboxylic acids is 1. The predicted molar refractivity (Wildman–Crippen MR) is 320 cm³/mol. The van der Waals surface area contributed by atoms with Gasteiger partial charge in [-0.3, -0.25) is 28.8 Å². The van der Waals surface area contributed by atoms with Crippen LogP contribution in [0.15, 0.2) is 176 Å². The second kappa shape index (κ2) is 23.9. The lowest BCUT2D eigenvalue weighted by Gasteiger charge is -2.33. The summed E-state index contributed by atoms with van der Waals surface area (Å²) in [6.07, 6.45) is 2.79. The molecule has 6 amide bonds. The monoisotopic (exact) mass is 1200 g/mol. The number of hydrogen-bond acceptors (Lipinski definition) is 15. The molecule has 2 aromatic heterocycles. The Morgan fingerprint density at radius 1 is 0.618 bits per heavy atom. The van der Waals surface area contributed by atoms with Gasteiger partial charge in [-0.2, -0.15) is 0 Å². The molecule has 0 radical (unpaired) electrons. The molecule has 15 bridgehead atoms. The van der Waals surface area contributed by atoms with Crippen LogP contribution in [0.2, 0.25) is 0 Å². The molecule has 8 heterocycles. The van der Waals surface area contributed by atoms with Gasteiger partial charge in [0.05, 0.1) is 0 Å². The number of fused-ring (bicyclic) bond motifs is 14. The van der Waals surface area contributed by atoms with Crippen LogP contribution in [0.4, 0.5) is 5.82 Å². The first-order chi connectivity index (χ1) is 42.9. The quantitative estimate of drug-likeness (QED) is 0.0761. The number of benzene rings is 7. The Morgan fingerprint density at radius 3 is 1.93 bits per heavy atom. The maximum Gasteiger partial charge on any atom is 0.330 e. The number of carbonyl (C=O) groups is 7. The van der Waals surface area contributed by atoms with Crippen molar-refractivity contribution in [1.29, 1.82) is 0 Å². The maximum atomic E-state index is 15.8. The van der Waals surface area contributed by atoms with Crippen LogP contribution in [-0.4, -0.2) is 101 Å². The first-order valence-electron chi connectivity index (χ1n) is 28.0. The molecule has 9 aromatic rings. The van der Waals surface area contributed by atoms with Gasteiger partial charge in [0.2, 0.25) is 35.4 Å². The number of carbonyl (C=O) groups excluding carboxylic acids is 6. The minimum atomic E-state index is -1.87. The van der Waals surface area contributed by atoms with Crippen LogP contribution in [-0.2, 0) is 46.4 Å². The number of pyridine rings is 1. The molecule has 7 atom stereocenters. The van der Waals surface area contributed by atoms with Gasteiger partial charge in [0.15, 0.2) is 29.0 Å². The fraction of sp³-hybridized carbons (Fsp3) is 0.152. The van der Waals surface area contributed by atoms with E-state index < -0.39 is 89.5 Å². The largest absolute Gasteiger partial charge is 0.508 e. The van der Waals surface area contributed by atoms with E-state index in [0.29, 0.717) is 39.0 Å². The number of carboxylic acid groups (broad SMARTS) is 1. The number of hydrogen-bond donors (Lipinski definition) is 12. The number of carboxylic acids is 1. The molecule has 6 aliphatic rings. The average molecular weight is 1200 g/mol. The number of amides is 6. The van der Waals surface area contributed by atoms with E-state index in [-0.39, 0.29) is 80.9 Å². The molecule has 1 unspecified atom stereocenters. The van der Waals surface area contributed by atoms with Gasteiger partial charge in [0.1, 0.15) is 65.1 Å². The van der Waals surface area contributed by atoms with Crippen molar-refractivity contribution in [3.05, 3.63) is 215 Å². The molecule has 23 heteroatoms. The van der Waals surface area contributed by atoms with Crippen molar-refractivity contribution >= 4 is 58.1 Å². The van der Waals surface area contributed by atoms with Crippen LogP contribution in [0.3, 0.4) is 0 Å². The molecule has 12 N–H and O–H groups in total. The summed E-state index contributed by atoms with van der Waals surface area (Å²) in [4.78, 5) is 113. The van der Waals surface area contributed by atoms with Gasteiger partial charge >= 0.3 is 5.97 Å². The summed E-state index contributed by atoms with van der Waals surface area (Å²) < 4.78 is 12.5. The topological polar surface area (TPSA) is 343 Å². The van der Waals surface area contributed by atoms with Gasteiger partial charge in [-0.25, -0.2) is 9.78 Å². The number of anilines is 1. The highest BCUT2D eigenvalue weighted by atomic mass is 16.5. The standard InChI is InChI=1S/C66H55N9O14/c1-75-49-26-33-5-19-43(20-6-33)89-52-31-39-27-46(59(52)79)37-13-23-45-40(32-68-47(45)28-37)29-48(69-62(82)54(34-7-15-41(76)16-8-34)70-53-4-2-3-25-67-53)60(80)71-55(35-9-17-42(77)18-10-35)63(83)72-56(39)64(84)73-57(65(75)85)36-11-21-44(22-12-36)88-51-30-38(14-24-50(51)78)58(66(86)87)74-61(49)81/h2-25,27-28,30-32,48-49,54-58,68,76-79H,26,29H2,1H3,(H,67,70)(H,69,82)(H,71,80)(H,72,83)(H,73,84)(H,74,81)(H,86,87)/t48-,49+,54?,55-,56-,57-,58-/m1/s1. The average Bonchev–Trinajstić information content (AvgIpc) is 2.00. The molecule has 23 nitrogen and oxygen atoms in total. The van der Waals surface area contributed by atoms with Crippen LogP contribution >= 0.6 is 0 Å². The number of phenolic OH excluding ortho intramolecular Hbond substituents is 4. The molecule has 0 saturated heterocycles. The van der Waals surface area contributed by atoms with Gasteiger partial charge in [-0.1, -0.05) is 72.8 Å². The Kier molecular flexibility index (Phi) is 15.4. The molecule has 6 aliphatic heterocycles. The number of aromatic amines is 1. The van der Waals surface area contributed by atoms with E-state index in [1.165, 1.54) is 116 Å². The molecule has 89 heavy (non-hydrogen) atoms. The Bertz CT molecular complexity index is 4260. The summed E-state index contributed by atoms with van der Waals surface area (Å²) in [5.74, 6) is -7.75. The molecule has 0 aliphatic carbocycles. The second-order valence-corrected chi connectivity index (χ2v) is 21.6. The number of nitrogens with zero attached hydrogens (tertiary/aromatic N) is 2. The zero-order valence-electron chi connectivity index (χ0n) is 47.0. The van der Waals surface area contributed by atoms with Crippen molar-refractivity contribution in [2.75, 3.05) is 12.4 Å². The Labute approximate surface area is 506 Å². The number of nitrogens with one attached hydrogen (secondary N) is 7. The summed E-state index contributed by atoms with van der Waals surface area (Å²) in [6, 6.07) is 28.9. The minimum Gasteiger partial charge on any atom is -0.508 e. The third-order valence-electron chi connectivity index (χ3n) is 15.9. The number of ether oxygens (including phenoxy) is 2. The molecule has 7 aromatic carbocycles. The summed E-state index contributed by atoms with van der Waals surface area (Å²) in [5.41, 5.74) is 2.67. The Morgan fingerprint density at radius 2 is 1.24 bits per heavy atom. The lowest BCUT2D eigenvalue weighted by molar-refractivity contribution is -0.145. The van der Waals surface area contributed by atoms with E-state index in [1.54, 1.807) is 66.9 Å². The van der Waals surface area contributed by atoms with Crippen molar-refractivity contribution in [1.82, 2.24) is 41.5 Å². The molecule has 15 rings (SSSR count). The van der Waals surface area contributed by atoms with Crippen molar-refractivity contribution in [2.45, 2.75) is 55.1 Å². The number of phenols is 4. The number of aromatic hydroxyl groups is 4. The Balaban J connectivity index is 1.01. The fourth-order valence-electron chi connectivity index (χ4n) is 11.1. The van der Waals surface area contributed by atoms with Crippen molar-refractivity contribution in [3.63, 3.8) is 0 Å². The zero-order valence-corrected chi connectivity index (χ0v) is 47.0. The zero-order chi connectivity index (χ0) is 62.2. The molecular formula is C66H55N9O14. The Hall–Kier alpha value is -11.9. The first kappa shape index (κ1) is 57.5. The molecule has 448 valence electrons. The molecular weight excluding hydrogens is 1140 g/mol. The van der Waals surface area contributed by atoms with Crippen LogP contribution in [0.1, 0.15) is 69.2 Å². The van der Waals surface area contributed by atoms with Crippen molar-refractivity contribution in [3.8, 4) is 57.1 Å². The van der Waals surface area contributed by atoms with E-state index in [0.717, 1.165) is 4.90 Å². The van der Waals surface area contributed by atoms with Crippen LogP contribution in [0, 0.1) is 0 Å². The highest BCUT2D eigenvalue weighted by molar-refractivity contribution is 6.00. The second-order valence-electron chi connectivity index (χ2n) is 21.6. The highest BCUT2D eigenvalue weighted by Gasteiger charge is 2.40. The molecule has 0 fully saturated rings. The molecule has 0 saturated carbocycles. The number of likely N-dealkylation sites (N-methyl/N-ethyl adjacent to an activating group) is 1. The van der Waals surface area contributed by atoms with E-state index in [4.69, 9.17) is 9.47 Å². The normalized spacial score (nSPS) is 19.7. The molecule has 0 spiro atoms. The van der Waals surface area contributed by atoms with Crippen LogP contribution in [0.25, 0.3) is 22.0 Å². The first-order valence-corrected chi connectivity index (χ1v) is 28.0. The predicted octanol–water partition coefficient (Wildman–Crippen LogP) is 7.04. The van der Waals surface area contributed by atoms with Crippen LogP contribution in [0.5, 0.6) is 46.0 Å². The summed E-state index contributed by atoms with van der Waals surface area (Å²) in [5, 5.41) is 72.1. The third-order valence-corrected chi connectivity index (χ3v) is 15.9. The minimum absolute atomic E-state index is 0.0211. The lowest BCUT2D eigenvalue weighted by atomic mass is 9.94. The maximum absolute atomic E-state index is 15.8. The fourth-order valence-corrected chi connectivity index (χ4v) is 11.1. The van der Waals surface area contributed by atoms with Gasteiger partial charge in [0, 0.05) is 48.7 Å². The van der Waals surface area contributed by atoms with Gasteiger partial charge in [0.25, 0.3) is 0 Å². The number of rotatable bonds is 7. The van der Waals surface area contributed by atoms with E-state index >= 15 is 19.2 Å². The highest BCUT2D eigenvalue weighted by Crippen LogP contribution is 2.44. The van der Waals surface area contributed by atoms with E-state index in [2.05, 4.69) is 41.9 Å². The van der Waals surface area contributed by atoms with Crippen molar-refractivity contribution in [2.24, 2.45) is 0 Å². The van der Waals surface area contributed by atoms with E-state index in [9.17, 15) is 39.9 Å². The SMILES string of the molecule is CN1C(=O)[C@@H]2NC(=O)[C@@H]3NC(=O)[C@@H](c4ccc(O)cc4)NC(=O)[C@H](NC(=O)C(Nc4ccccn4)c4ccc(O)cc4)Cc4c[nH]c5cc(ccc45)-c4cc3cc(c4O)Oc3ccc(cc3)C[C@H]1C(=O)N[C@@H](C(=O)O)c1ccc(O)c(c1)Oc1ccc2cc1. The van der Waals surface area contributed by atoms with E-state index in [1.807, 2.05) is 0 Å². The van der Waals surface area contributed by atoms with Crippen molar-refractivity contribution < 1.29 is 68.6 Å². The smallest absolute Gasteiger partial charge is 0.330 e. The third kappa shape index (κ3) is 11.9. The lowest BCUT2D eigenvalue weighted by Crippen LogP contribution is -2.55. The van der Waals surface area contributed by atoms with Crippen LogP contribution < -0.4 is 41.4 Å². The summed E-state index contributed by atoms with van der Waals surface area (Å²) in [6.45, 7) is 0. The van der Waals surface area contributed by atoms with Gasteiger partial charge in [-0.05, 0) is 136 Å². The number of aromatic nitrogens is 2. The van der Waals surface area contributed by atoms with Gasteiger partial charge < -0.3 is 76.8 Å². The summed E-state index contributed by atoms with van der Waals surface area (Å²) >= 11 is 0. The summed E-state index contributed by atoms with van der Waals surface area (Å²) in [7, 11) is 1.32. The number of H-pyrrole nitrogens is 1.